The van der Waals surface area contributed by atoms with Gasteiger partial charge in [-0.3, -0.25) is 0 Å². The van der Waals surface area contributed by atoms with E-state index in [9.17, 15) is 0 Å². The van der Waals surface area contributed by atoms with Gasteiger partial charge in [-0.1, -0.05) is 117 Å². The smallest absolute Gasteiger partial charge is 0.0452 e. The zero-order valence-electron chi connectivity index (χ0n) is 16.7. The van der Waals surface area contributed by atoms with E-state index in [0.29, 0.717) is 5.92 Å². The van der Waals surface area contributed by atoms with Gasteiger partial charge in [-0.25, -0.2) is 0 Å². The van der Waals surface area contributed by atoms with E-state index in [1.807, 2.05) is 0 Å². The molecule has 0 N–H and O–H groups in total. The van der Waals surface area contributed by atoms with Crippen LogP contribution in [0.15, 0.2) is 99.5 Å². The lowest BCUT2D eigenvalue weighted by atomic mass is 9.63. The van der Waals surface area contributed by atoms with Gasteiger partial charge in [0.15, 0.2) is 0 Å². The molecule has 0 radical (unpaired) electrons. The Kier molecular flexibility index (Phi) is 6.41. The summed E-state index contributed by atoms with van der Waals surface area (Å²) < 4.78 is 2.31. The third kappa shape index (κ3) is 4.02. The zero-order chi connectivity index (χ0) is 20.3. The summed E-state index contributed by atoms with van der Waals surface area (Å²) in [6, 6.07) is 18.0. The van der Waals surface area contributed by atoms with Gasteiger partial charge < -0.3 is 0 Å². The summed E-state index contributed by atoms with van der Waals surface area (Å²) in [6.45, 7) is 2.28. The number of fused-ring (bicyclic) bond motifs is 1. The van der Waals surface area contributed by atoms with Gasteiger partial charge in [-0.15, -0.1) is 0 Å². The molecule has 0 fully saturated rings. The SMILES string of the molecule is CCC1/C=C\C(Br)=C/CC(C2=CC=CCC2)(c2ccccc2)c2cc(Br)ccc21. The summed E-state index contributed by atoms with van der Waals surface area (Å²) >= 11 is 7.58. The maximum Gasteiger partial charge on any atom is 0.0452 e. The van der Waals surface area contributed by atoms with Crippen molar-refractivity contribution in [2.75, 3.05) is 0 Å². The van der Waals surface area contributed by atoms with E-state index in [1.165, 1.54) is 22.3 Å². The molecule has 148 valence electrons. The van der Waals surface area contributed by atoms with E-state index in [-0.39, 0.29) is 5.41 Å². The van der Waals surface area contributed by atoms with Crippen LogP contribution in [0, 0.1) is 0 Å². The number of hydrogen-bond acceptors (Lipinski definition) is 0. The molecule has 2 aromatic rings. The van der Waals surface area contributed by atoms with Crippen LogP contribution in [0.3, 0.4) is 0 Å². The molecule has 2 unspecified atom stereocenters. The van der Waals surface area contributed by atoms with Crippen molar-refractivity contribution in [3.63, 3.8) is 0 Å². The summed E-state index contributed by atoms with van der Waals surface area (Å²) in [5.41, 5.74) is 5.55. The molecule has 2 atom stereocenters. The van der Waals surface area contributed by atoms with Crippen LogP contribution >= 0.6 is 31.9 Å². The molecule has 0 spiro atoms. The molecule has 0 saturated carbocycles. The lowest BCUT2D eigenvalue weighted by Crippen LogP contribution is -2.32. The minimum atomic E-state index is -0.177. The Morgan fingerprint density at radius 3 is 2.62 bits per heavy atom. The Bertz CT molecular complexity index is 994. The second kappa shape index (κ2) is 9.02. The Hall–Kier alpha value is -1.64. The molecular formula is C27H26Br2. The first kappa shape index (κ1) is 20.6. The quantitative estimate of drug-likeness (QED) is 0.387. The summed E-state index contributed by atoms with van der Waals surface area (Å²) in [5, 5.41) is 0. The molecular weight excluding hydrogens is 484 g/mol. The normalized spacial score (nSPS) is 26.9. The van der Waals surface area contributed by atoms with Crippen molar-refractivity contribution < 1.29 is 0 Å². The molecule has 0 aromatic heterocycles. The average Bonchev–Trinajstić information content (AvgIpc) is 2.82. The van der Waals surface area contributed by atoms with Crippen LogP contribution < -0.4 is 0 Å². The Labute approximate surface area is 191 Å². The molecule has 0 amide bonds. The molecule has 2 heteroatoms. The van der Waals surface area contributed by atoms with Gasteiger partial charge >= 0.3 is 0 Å². The number of allylic oxidation sites excluding steroid dienone is 8. The summed E-state index contributed by atoms with van der Waals surface area (Å²) in [7, 11) is 0. The minimum absolute atomic E-state index is 0.177. The molecule has 0 aliphatic heterocycles. The van der Waals surface area contributed by atoms with Gasteiger partial charge in [-0.2, -0.15) is 0 Å². The Morgan fingerprint density at radius 2 is 1.90 bits per heavy atom. The predicted octanol–water partition coefficient (Wildman–Crippen LogP) is 8.74. The fourth-order valence-electron chi connectivity index (χ4n) is 4.76. The highest BCUT2D eigenvalue weighted by Crippen LogP contribution is 2.49. The maximum atomic E-state index is 3.80. The van der Waals surface area contributed by atoms with E-state index in [0.717, 1.165) is 34.6 Å². The fourth-order valence-corrected chi connectivity index (χ4v) is 5.44. The molecule has 2 aliphatic rings. The molecule has 4 rings (SSSR count). The first-order valence-corrected chi connectivity index (χ1v) is 12.0. The van der Waals surface area contributed by atoms with E-state index in [1.54, 1.807) is 0 Å². The number of benzene rings is 2. The molecule has 29 heavy (non-hydrogen) atoms. The average molecular weight is 510 g/mol. The molecule has 2 aromatic carbocycles. The van der Waals surface area contributed by atoms with Crippen molar-refractivity contribution in [2.24, 2.45) is 0 Å². The number of rotatable bonds is 3. The highest BCUT2D eigenvalue weighted by atomic mass is 79.9. The van der Waals surface area contributed by atoms with Crippen molar-refractivity contribution in [3.8, 4) is 0 Å². The van der Waals surface area contributed by atoms with Crippen LogP contribution in [-0.2, 0) is 5.41 Å². The van der Waals surface area contributed by atoms with Crippen LogP contribution in [0.1, 0.15) is 55.2 Å². The van der Waals surface area contributed by atoms with Gasteiger partial charge in [-0.05, 0) is 54.5 Å². The van der Waals surface area contributed by atoms with E-state index >= 15 is 0 Å². The van der Waals surface area contributed by atoms with Crippen LogP contribution in [-0.4, -0.2) is 0 Å². The number of halogens is 2. The maximum absolute atomic E-state index is 3.80. The second-order valence-corrected chi connectivity index (χ2v) is 9.66. The van der Waals surface area contributed by atoms with Gasteiger partial charge in [0.1, 0.15) is 0 Å². The van der Waals surface area contributed by atoms with Crippen LogP contribution in [0.4, 0.5) is 0 Å². The van der Waals surface area contributed by atoms with Gasteiger partial charge in [0.05, 0.1) is 0 Å². The van der Waals surface area contributed by atoms with Gasteiger partial charge in [0, 0.05) is 20.3 Å². The molecule has 0 saturated heterocycles. The summed E-state index contributed by atoms with van der Waals surface area (Å²) in [6.07, 6.45) is 18.0. The van der Waals surface area contributed by atoms with Crippen molar-refractivity contribution in [2.45, 2.75) is 43.9 Å². The topological polar surface area (TPSA) is 0 Å². The van der Waals surface area contributed by atoms with E-state index in [2.05, 4.69) is 124 Å². The predicted molar refractivity (Wildman–Crippen MR) is 132 cm³/mol. The summed E-state index contributed by atoms with van der Waals surface area (Å²) in [4.78, 5) is 0. The van der Waals surface area contributed by atoms with Crippen molar-refractivity contribution in [1.29, 1.82) is 0 Å². The zero-order valence-corrected chi connectivity index (χ0v) is 19.9. The van der Waals surface area contributed by atoms with Crippen molar-refractivity contribution in [3.05, 3.63) is 116 Å². The Balaban J connectivity index is 2.10. The van der Waals surface area contributed by atoms with Gasteiger partial charge in [0.2, 0.25) is 0 Å². The lowest BCUT2D eigenvalue weighted by molar-refractivity contribution is 0.571. The fraction of sp³-hybridized carbons (Fsp3) is 0.259. The first-order valence-electron chi connectivity index (χ1n) is 10.4. The third-order valence-electron chi connectivity index (χ3n) is 6.23. The molecule has 0 bridgehead atoms. The third-order valence-corrected chi connectivity index (χ3v) is 7.32. The van der Waals surface area contributed by atoms with E-state index in [4.69, 9.17) is 0 Å². The minimum Gasteiger partial charge on any atom is -0.0842 e. The van der Waals surface area contributed by atoms with Crippen molar-refractivity contribution >= 4 is 31.9 Å². The van der Waals surface area contributed by atoms with Gasteiger partial charge in [0.25, 0.3) is 0 Å². The molecule has 0 nitrogen and oxygen atoms in total. The van der Waals surface area contributed by atoms with E-state index < -0.39 is 0 Å². The molecule has 2 aliphatic carbocycles. The molecule has 0 heterocycles. The van der Waals surface area contributed by atoms with Crippen LogP contribution in [0.2, 0.25) is 0 Å². The Morgan fingerprint density at radius 1 is 1.07 bits per heavy atom. The highest BCUT2D eigenvalue weighted by Gasteiger charge is 2.39. The lowest BCUT2D eigenvalue weighted by Gasteiger charge is -2.40. The second-order valence-electron chi connectivity index (χ2n) is 7.83. The number of hydrogen-bond donors (Lipinski definition) is 0. The highest BCUT2D eigenvalue weighted by molar-refractivity contribution is 9.12. The first-order chi connectivity index (χ1) is 14.1. The summed E-state index contributed by atoms with van der Waals surface area (Å²) in [5.74, 6) is 0.389. The van der Waals surface area contributed by atoms with Crippen LogP contribution in [0.5, 0.6) is 0 Å². The standard InChI is InChI=1S/C27H26Br2/c1-2-20-13-14-23(28)17-18-27(21-9-5-3-6-10-21,22-11-7-4-8-12-22)26-19-24(29)15-16-25(20)26/h3-7,9-11,13-17,19-20H,2,8,12,18H2,1H3/b14-13-,23-17+. The van der Waals surface area contributed by atoms with Crippen molar-refractivity contribution in [1.82, 2.24) is 0 Å². The monoisotopic (exact) mass is 508 g/mol. The van der Waals surface area contributed by atoms with Crippen LogP contribution in [0.25, 0.3) is 0 Å². The largest absolute Gasteiger partial charge is 0.0842 e.